The zero-order valence-corrected chi connectivity index (χ0v) is 12.4. The Kier molecular flexibility index (Phi) is 6.06. The van der Waals surface area contributed by atoms with Gasteiger partial charge in [-0.1, -0.05) is 30.3 Å². The van der Waals surface area contributed by atoms with Crippen LogP contribution in [0, 0.1) is 0 Å². The Balaban J connectivity index is 2.65. The van der Waals surface area contributed by atoms with Crippen LogP contribution in [0.3, 0.4) is 0 Å². The van der Waals surface area contributed by atoms with Gasteiger partial charge in [0.15, 0.2) is 0 Å². The minimum absolute atomic E-state index is 0.143. The van der Waals surface area contributed by atoms with E-state index in [0.29, 0.717) is 23.7 Å². The van der Waals surface area contributed by atoms with Crippen LogP contribution in [-0.4, -0.2) is 31.1 Å². The van der Waals surface area contributed by atoms with E-state index in [1.165, 1.54) is 0 Å². The molecule has 0 radical (unpaired) electrons. The topological polar surface area (TPSA) is 29.5 Å². The lowest BCUT2D eigenvalue weighted by Gasteiger charge is -2.25. The Morgan fingerprint density at radius 2 is 2.21 bits per heavy atom. The van der Waals surface area contributed by atoms with E-state index >= 15 is 0 Å². The number of benzene rings is 1. The van der Waals surface area contributed by atoms with E-state index in [-0.39, 0.29) is 12.0 Å². The van der Waals surface area contributed by atoms with Gasteiger partial charge in [-0.25, -0.2) is 4.79 Å². The predicted octanol–water partition coefficient (Wildman–Crippen LogP) is 3.45. The second-order valence-corrected chi connectivity index (χ2v) is 4.91. The Morgan fingerprint density at radius 1 is 1.53 bits per heavy atom. The number of hydrogen-bond acceptors (Lipinski definition) is 3. The summed E-state index contributed by atoms with van der Waals surface area (Å²) in [6, 6.07) is 7.85. The van der Waals surface area contributed by atoms with Crippen molar-refractivity contribution in [3.63, 3.8) is 0 Å². The summed E-state index contributed by atoms with van der Waals surface area (Å²) in [6.45, 7) is 8.44. The summed E-state index contributed by atoms with van der Waals surface area (Å²) in [5.41, 5.74) is 1.56. The lowest BCUT2D eigenvalue weighted by molar-refractivity contribution is -0.138. The molecule has 0 spiro atoms. The summed E-state index contributed by atoms with van der Waals surface area (Å²) in [5, 5.41) is 0.710. The molecule has 0 aromatic heterocycles. The minimum atomic E-state index is -0.340. The molecule has 0 saturated heterocycles. The van der Waals surface area contributed by atoms with E-state index in [1.54, 1.807) is 6.92 Å². The van der Waals surface area contributed by atoms with Crippen LogP contribution in [0.4, 0.5) is 0 Å². The third kappa shape index (κ3) is 4.69. The van der Waals surface area contributed by atoms with Crippen molar-refractivity contribution in [3.05, 3.63) is 47.0 Å². The normalized spacial score (nSPS) is 12.3. The summed E-state index contributed by atoms with van der Waals surface area (Å²) in [6.07, 6.45) is 0. The molecule has 0 fully saturated rings. The highest BCUT2D eigenvalue weighted by Crippen LogP contribution is 2.22. The summed E-state index contributed by atoms with van der Waals surface area (Å²) < 4.78 is 4.92. The third-order valence-electron chi connectivity index (χ3n) is 3.00. The number of hydrogen-bond donors (Lipinski definition) is 0. The van der Waals surface area contributed by atoms with E-state index in [1.807, 2.05) is 36.2 Å². The SMILES string of the molecule is C=C(CN(C)C(C)c1cccc(Cl)c1)C(=O)OCC. The fourth-order valence-corrected chi connectivity index (χ4v) is 1.96. The zero-order valence-electron chi connectivity index (χ0n) is 11.6. The maximum absolute atomic E-state index is 11.5. The number of carbonyl (C=O) groups is 1. The van der Waals surface area contributed by atoms with Crippen molar-refractivity contribution < 1.29 is 9.53 Å². The van der Waals surface area contributed by atoms with Gasteiger partial charge in [-0.05, 0) is 38.6 Å². The molecule has 0 heterocycles. The molecule has 1 rings (SSSR count). The van der Waals surface area contributed by atoms with Crippen LogP contribution in [0.5, 0.6) is 0 Å². The van der Waals surface area contributed by atoms with Crippen LogP contribution in [0.1, 0.15) is 25.5 Å². The number of carbonyl (C=O) groups excluding carboxylic acids is 1. The predicted molar refractivity (Wildman–Crippen MR) is 78.3 cm³/mol. The van der Waals surface area contributed by atoms with Crippen LogP contribution in [-0.2, 0) is 9.53 Å². The number of halogens is 1. The van der Waals surface area contributed by atoms with Crippen molar-refractivity contribution >= 4 is 17.6 Å². The average Bonchev–Trinajstić information content (AvgIpc) is 2.37. The Hall–Kier alpha value is -1.32. The highest BCUT2D eigenvalue weighted by Gasteiger charge is 2.16. The molecule has 0 aliphatic rings. The van der Waals surface area contributed by atoms with Crippen molar-refractivity contribution in [2.24, 2.45) is 0 Å². The molecule has 0 saturated carbocycles. The molecule has 1 atom stereocenters. The number of rotatable bonds is 6. The summed E-state index contributed by atoms with van der Waals surface area (Å²) in [5.74, 6) is -0.340. The fraction of sp³-hybridized carbons (Fsp3) is 0.400. The zero-order chi connectivity index (χ0) is 14.4. The summed E-state index contributed by atoms with van der Waals surface area (Å²) >= 11 is 5.98. The molecule has 1 aromatic carbocycles. The third-order valence-corrected chi connectivity index (χ3v) is 3.23. The minimum Gasteiger partial charge on any atom is -0.463 e. The van der Waals surface area contributed by atoms with Gasteiger partial charge in [0.25, 0.3) is 0 Å². The highest BCUT2D eigenvalue weighted by molar-refractivity contribution is 6.30. The van der Waals surface area contributed by atoms with Crippen molar-refractivity contribution in [2.45, 2.75) is 19.9 Å². The van der Waals surface area contributed by atoms with Crippen LogP contribution < -0.4 is 0 Å². The van der Waals surface area contributed by atoms with Crippen LogP contribution in [0.15, 0.2) is 36.4 Å². The second-order valence-electron chi connectivity index (χ2n) is 4.47. The van der Waals surface area contributed by atoms with Gasteiger partial charge in [0.2, 0.25) is 0 Å². The number of esters is 1. The number of nitrogens with zero attached hydrogens (tertiary/aromatic N) is 1. The van der Waals surface area contributed by atoms with E-state index in [4.69, 9.17) is 16.3 Å². The molecule has 0 aliphatic carbocycles. The largest absolute Gasteiger partial charge is 0.463 e. The Bertz CT molecular complexity index is 459. The first-order valence-corrected chi connectivity index (χ1v) is 6.64. The molecule has 0 amide bonds. The van der Waals surface area contributed by atoms with Crippen molar-refractivity contribution in [3.8, 4) is 0 Å². The first-order valence-electron chi connectivity index (χ1n) is 6.26. The molecule has 104 valence electrons. The van der Waals surface area contributed by atoms with Crippen LogP contribution >= 0.6 is 11.6 Å². The van der Waals surface area contributed by atoms with Gasteiger partial charge in [-0.3, -0.25) is 4.90 Å². The smallest absolute Gasteiger partial charge is 0.334 e. The summed E-state index contributed by atoms with van der Waals surface area (Å²) in [4.78, 5) is 13.6. The van der Waals surface area contributed by atoms with E-state index in [0.717, 1.165) is 5.56 Å². The molecule has 0 N–H and O–H groups in total. The molecule has 0 aliphatic heterocycles. The molecule has 1 aromatic rings. The number of ether oxygens (including phenoxy) is 1. The molecular formula is C15H20ClNO2. The van der Waals surface area contributed by atoms with Crippen molar-refractivity contribution in [1.82, 2.24) is 4.90 Å². The van der Waals surface area contributed by atoms with Gasteiger partial charge in [0, 0.05) is 23.2 Å². The first-order chi connectivity index (χ1) is 8.95. The monoisotopic (exact) mass is 281 g/mol. The van der Waals surface area contributed by atoms with E-state index in [9.17, 15) is 4.79 Å². The van der Waals surface area contributed by atoms with Gasteiger partial charge < -0.3 is 4.74 Å². The van der Waals surface area contributed by atoms with Gasteiger partial charge in [0.05, 0.1) is 6.61 Å². The first kappa shape index (κ1) is 15.7. The second kappa shape index (κ2) is 7.31. The standard InChI is InChI=1S/C15H20ClNO2/c1-5-19-15(18)11(2)10-17(4)12(3)13-7-6-8-14(16)9-13/h6-9,12H,2,5,10H2,1,3-4H3. The van der Waals surface area contributed by atoms with Gasteiger partial charge in [-0.15, -0.1) is 0 Å². The van der Waals surface area contributed by atoms with E-state index < -0.39 is 0 Å². The molecule has 19 heavy (non-hydrogen) atoms. The maximum atomic E-state index is 11.5. The van der Waals surface area contributed by atoms with Gasteiger partial charge in [-0.2, -0.15) is 0 Å². The number of likely N-dealkylation sites (N-methyl/N-ethyl adjacent to an activating group) is 1. The quantitative estimate of drug-likeness (QED) is 0.591. The molecule has 0 bridgehead atoms. The van der Waals surface area contributed by atoms with E-state index in [2.05, 4.69) is 13.5 Å². The Morgan fingerprint density at radius 3 is 2.79 bits per heavy atom. The molecule has 1 unspecified atom stereocenters. The molecular weight excluding hydrogens is 262 g/mol. The van der Waals surface area contributed by atoms with Crippen LogP contribution in [0.25, 0.3) is 0 Å². The van der Waals surface area contributed by atoms with Gasteiger partial charge >= 0.3 is 5.97 Å². The average molecular weight is 282 g/mol. The highest BCUT2D eigenvalue weighted by atomic mass is 35.5. The van der Waals surface area contributed by atoms with Crippen molar-refractivity contribution in [2.75, 3.05) is 20.2 Å². The Labute approximate surface area is 119 Å². The maximum Gasteiger partial charge on any atom is 0.334 e. The summed E-state index contributed by atoms with van der Waals surface area (Å²) in [7, 11) is 1.94. The lowest BCUT2D eigenvalue weighted by atomic mass is 10.1. The lowest BCUT2D eigenvalue weighted by Crippen LogP contribution is -2.27. The molecule has 4 heteroatoms. The fourth-order valence-electron chi connectivity index (χ4n) is 1.76. The van der Waals surface area contributed by atoms with Gasteiger partial charge in [0.1, 0.15) is 0 Å². The molecule has 3 nitrogen and oxygen atoms in total. The van der Waals surface area contributed by atoms with Crippen molar-refractivity contribution in [1.29, 1.82) is 0 Å². The van der Waals surface area contributed by atoms with Crippen LogP contribution in [0.2, 0.25) is 5.02 Å².